The van der Waals surface area contributed by atoms with Crippen molar-refractivity contribution in [3.63, 3.8) is 0 Å². The highest BCUT2D eigenvalue weighted by atomic mass is 16.5. The Kier molecular flexibility index (Phi) is 2.97. The van der Waals surface area contributed by atoms with Crippen LogP contribution in [-0.2, 0) is 0 Å². The number of aromatic nitrogens is 2. The smallest absolute Gasteiger partial charge is 0.222 e. The summed E-state index contributed by atoms with van der Waals surface area (Å²) < 4.78 is 5.24. The Balaban J connectivity index is 2.18. The fourth-order valence-corrected chi connectivity index (χ4v) is 2.51. The lowest BCUT2D eigenvalue weighted by atomic mass is 9.99. The Morgan fingerprint density at radius 2 is 1.95 bits per heavy atom. The lowest BCUT2D eigenvalue weighted by Gasteiger charge is -2.14. The van der Waals surface area contributed by atoms with Crippen LogP contribution in [0, 0.1) is 6.92 Å². The van der Waals surface area contributed by atoms with E-state index in [1.807, 2.05) is 25.1 Å². The number of ether oxygens (including phenoxy) is 1. The van der Waals surface area contributed by atoms with Crippen LogP contribution in [0.1, 0.15) is 29.9 Å². The van der Waals surface area contributed by atoms with E-state index in [0.717, 1.165) is 41.0 Å². The maximum absolute atomic E-state index is 6.05. The van der Waals surface area contributed by atoms with Gasteiger partial charge in [-0.05, 0) is 49.4 Å². The van der Waals surface area contributed by atoms with Gasteiger partial charge in [-0.2, -0.15) is 4.98 Å². The fourth-order valence-electron chi connectivity index (χ4n) is 2.51. The second-order valence-corrected chi connectivity index (χ2v) is 5.18. The summed E-state index contributed by atoms with van der Waals surface area (Å²) in [7, 11) is 1.66. The van der Waals surface area contributed by atoms with E-state index in [1.54, 1.807) is 7.11 Å². The molecule has 0 bridgehead atoms. The van der Waals surface area contributed by atoms with E-state index in [4.69, 9.17) is 16.2 Å². The molecule has 0 saturated heterocycles. The van der Waals surface area contributed by atoms with Gasteiger partial charge in [-0.1, -0.05) is 0 Å². The van der Waals surface area contributed by atoms with E-state index in [9.17, 15) is 0 Å². The zero-order chi connectivity index (χ0) is 14.3. The summed E-state index contributed by atoms with van der Waals surface area (Å²) in [6.07, 6.45) is 2.28. The van der Waals surface area contributed by atoms with Crippen molar-refractivity contribution < 1.29 is 4.74 Å². The van der Waals surface area contributed by atoms with E-state index < -0.39 is 0 Å². The highest BCUT2D eigenvalue weighted by Gasteiger charge is 2.30. The van der Waals surface area contributed by atoms with E-state index >= 15 is 0 Å². The summed E-state index contributed by atoms with van der Waals surface area (Å²) in [5.41, 5.74) is 15.8. The molecule has 0 spiro atoms. The van der Waals surface area contributed by atoms with Crippen molar-refractivity contribution in [3.8, 4) is 17.0 Å². The predicted molar refractivity (Wildman–Crippen MR) is 79.6 cm³/mol. The van der Waals surface area contributed by atoms with Crippen molar-refractivity contribution in [2.24, 2.45) is 0 Å². The van der Waals surface area contributed by atoms with E-state index in [2.05, 4.69) is 9.97 Å². The summed E-state index contributed by atoms with van der Waals surface area (Å²) in [4.78, 5) is 8.53. The van der Waals surface area contributed by atoms with Gasteiger partial charge in [0.1, 0.15) is 11.6 Å². The van der Waals surface area contributed by atoms with Crippen molar-refractivity contribution in [2.45, 2.75) is 25.7 Å². The molecule has 4 N–H and O–H groups in total. The van der Waals surface area contributed by atoms with Gasteiger partial charge in [-0.3, -0.25) is 0 Å². The molecule has 0 amide bonds. The van der Waals surface area contributed by atoms with Crippen LogP contribution < -0.4 is 16.2 Å². The number of nitrogens with two attached hydrogens (primary N) is 2. The maximum atomic E-state index is 6.05. The number of hydrogen-bond acceptors (Lipinski definition) is 5. The van der Waals surface area contributed by atoms with Gasteiger partial charge in [0.05, 0.1) is 12.8 Å². The average molecular weight is 270 g/mol. The van der Waals surface area contributed by atoms with Crippen LogP contribution in [0.5, 0.6) is 5.75 Å². The first kappa shape index (κ1) is 12.7. The Morgan fingerprint density at radius 3 is 2.55 bits per heavy atom. The van der Waals surface area contributed by atoms with Gasteiger partial charge >= 0.3 is 0 Å². The molecule has 1 fully saturated rings. The Labute approximate surface area is 118 Å². The largest absolute Gasteiger partial charge is 0.497 e. The average Bonchev–Trinajstić information content (AvgIpc) is 3.22. The number of hydrogen-bond donors (Lipinski definition) is 2. The zero-order valence-electron chi connectivity index (χ0n) is 11.7. The number of aryl methyl sites for hydroxylation is 1. The van der Waals surface area contributed by atoms with Crippen LogP contribution in [0.3, 0.4) is 0 Å². The SMILES string of the molecule is COc1ccc(-c2nc(N)nc(N)c2C2CC2)c(C)c1. The molecule has 104 valence electrons. The highest BCUT2D eigenvalue weighted by molar-refractivity contribution is 5.73. The zero-order valence-corrected chi connectivity index (χ0v) is 11.7. The van der Waals surface area contributed by atoms with Crippen LogP contribution in [0.15, 0.2) is 18.2 Å². The topological polar surface area (TPSA) is 87.0 Å². The van der Waals surface area contributed by atoms with E-state index in [0.29, 0.717) is 11.7 Å². The van der Waals surface area contributed by atoms with Crippen molar-refractivity contribution >= 4 is 11.8 Å². The normalized spacial score (nSPS) is 14.3. The minimum atomic E-state index is 0.220. The third-order valence-electron chi connectivity index (χ3n) is 3.67. The van der Waals surface area contributed by atoms with Gasteiger partial charge in [0, 0.05) is 11.1 Å². The Hall–Kier alpha value is -2.30. The van der Waals surface area contributed by atoms with Crippen molar-refractivity contribution in [2.75, 3.05) is 18.6 Å². The molecule has 20 heavy (non-hydrogen) atoms. The second-order valence-electron chi connectivity index (χ2n) is 5.18. The first-order chi connectivity index (χ1) is 9.60. The monoisotopic (exact) mass is 270 g/mol. The molecule has 3 rings (SSSR count). The molecule has 5 nitrogen and oxygen atoms in total. The van der Waals surface area contributed by atoms with Crippen molar-refractivity contribution in [3.05, 3.63) is 29.3 Å². The predicted octanol–water partition coefficient (Wildman–Crippen LogP) is 2.50. The third-order valence-corrected chi connectivity index (χ3v) is 3.67. The maximum Gasteiger partial charge on any atom is 0.222 e. The Bertz CT molecular complexity index is 665. The van der Waals surface area contributed by atoms with Crippen LogP contribution in [-0.4, -0.2) is 17.1 Å². The summed E-state index contributed by atoms with van der Waals surface area (Å²) in [6.45, 7) is 2.03. The van der Waals surface area contributed by atoms with Gasteiger partial charge in [0.25, 0.3) is 0 Å². The minimum absolute atomic E-state index is 0.220. The lowest BCUT2D eigenvalue weighted by Crippen LogP contribution is -2.06. The fraction of sp³-hybridized carbons (Fsp3) is 0.333. The summed E-state index contributed by atoms with van der Waals surface area (Å²) >= 11 is 0. The van der Waals surface area contributed by atoms with Gasteiger partial charge in [0.2, 0.25) is 5.95 Å². The molecule has 0 atom stereocenters. The molecule has 1 aromatic heterocycles. The van der Waals surface area contributed by atoms with E-state index in [1.165, 1.54) is 0 Å². The molecule has 1 aliphatic carbocycles. The molecule has 5 heteroatoms. The summed E-state index contributed by atoms with van der Waals surface area (Å²) in [5.74, 6) is 2.02. The molecule has 1 aliphatic rings. The Morgan fingerprint density at radius 1 is 1.20 bits per heavy atom. The number of benzene rings is 1. The van der Waals surface area contributed by atoms with Gasteiger partial charge < -0.3 is 16.2 Å². The molecular formula is C15H18N4O. The second kappa shape index (κ2) is 4.67. The number of nitrogen functional groups attached to an aromatic ring is 2. The number of nitrogens with zero attached hydrogens (tertiary/aromatic N) is 2. The molecule has 0 radical (unpaired) electrons. The van der Waals surface area contributed by atoms with Crippen LogP contribution >= 0.6 is 0 Å². The standard InChI is InChI=1S/C15H18N4O/c1-8-7-10(20-2)5-6-11(8)13-12(9-3-4-9)14(16)19-15(17)18-13/h5-7,9H,3-4H2,1-2H3,(H4,16,17,18,19). The lowest BCUT2D eigenvalue weighted by molar-refractivity contribution is 0.414. The van der Waals surface area contributed by atoms with E-state index in [-0.39, 0.29) is 5.95 Å². The minimum Gasteiger partial charge on any atom is -0.497 e. The first-order valence-corrected chi connectivity index (χ1v) is 6.68. The molecule has 1 heterocycles. The molecule has 2 aromatic rings. The van der Waals surface area contributed by atoms with Gasteiger partial charge in [0.15, 0.2) is 0 Å². The molecule has 1 aromatic carbocycles. The third kappa shape index (κ3) is 2.15. The molecule has 0 unspecified atom stereocenters. The van der Waals surface area contributed by atoms with Crippen LogP contribution in [0.25, 0.3) is 11.3 Å². The van der Waals surface area contributed by atoms with Crippen LogP contribution in [0.2, 0.25) is 0 Å². The number of methoxy groups -OCH3 is 1. The number of anilines is 2. The molecular weight excluding hydrogens is 252 g/mol. The first-order valence-electron chi connectivity index (χ1n) is 6.68. The molecule has 0 aliphatic heterocycles. The number of rotatable bonds is 3. The van der Waals surface area contributed by atoms with Crippen molar-refractivity contribution in [1.82, 2.24) is 9.97 Å². The van der Waals surface area contributed by atoms with Gasteiger partial charge in [-0.15, -0.1) is 0 Å². The van der Waals surface area contributed by atoms with Gasteiger partial charge in [-0.25, -0.2) is 4.98 Å². The van der Waals surface area contributed by atoms with Crippen LogP contribution in [0.4, 0.5) is 11.8 Å². The quantitative estimate of drug-likeness (QED) is 0.894. The highest BCUT2D eigenvalue weighted by Crippen LogP contribution is 2.46. The van der Waals surface area contributed by atoms with Crippen molar-refractivity contribution in [1.29, 1.82) is 0 Å². The summed E-state index contributed by atoms with van der Waals surface area (Å²) in [5, 5.41) is 0. The molecule has 1 saturated carbocycles. The summed E-state index contributed by atoms with van der Waals surface area (Å²) in [6, 6.07) is 5.91.